The Morgan fingerprint density at radius 2 is 1.89 bits per heavy atom. The quantitative estimate of drug-likeness (QED) is 0.610. The Balaban J connectivity index is 2.22. The molecule has 1 fully saturated rings. The van der Waals surface area contributed by atoms with E-state index in [0.717, 1.165) is 39.2 Å². The molecular weight excluding hydrogens is 226 g/mol. The first-order valence-electron chi connectivity index (χ1n) is 7.61. The summed E-state index contributed by atoms with van der Waals surface area (Å²) in [6.07, 6.45) is 5.01. The van der Waals surface area contributed by atoms with Crippen LogP contribution in [-0.4, -0.2) is 38.5 Å². The van der Waals surface area contributed by atoms with E-state index in [1.54, 1.807) is 0 Å². The predicted molar refractivity (Wildman–Crippen MR) is 75.9 cm³/mol. The normalized spacial score (nSPS) is 31.3. The summed E-state index contributed by atoms with van der Waals surface area (Å²) in [6, 6.07) is 0.629. The molecule has 0 aromatic heterocycles. The summed E-state index contributed by atoms with van der Waals surface area (Å²) in [5.41, 5.74) is 0.305. The Morgan fingerprint density at radius 3 is 2.50 bits per heavy atom. The highest BCUT2D eigenvalue weighted by molar-refractivity contribution is 5.04. The summed E-state index contributed by atoms with van der Waals surface area (Å²) in [4.78, 5) is 0. The standard InChI is InChI=1S/C15H31NO2/c1-5-8-16-13-12-14(15(13,4)7-3)18-11-10-17-9-6-2/h13-14,16H,5-12H2,1-4H3. The molecule has 3 heteroatoms. The van der Waals surface area contributed by atoms with Gasteiger partial charge in [0.05, 0.1) is 19.3 Å². The van der Waals surface area contributed by atoms with E-state index >= 15 is 0 Å². The fourth-order valence-corrected chi connectivity index (χ4v) is 2.68. The maximum Gasteiger partial charge on any atom is 0.0704 e. The van der Waals surface area contributed by atoms with E-state index < -0.39 is 0 Å². The second-order valence-electron chi connectivity index (χ2n) is 5.57. The summed E-state index contributed by atoms with van der Waals surface area (Å²) in [5.74, 6) is 0. The summed E-state index contributed by atoms with van der Waals surface area (Å²) in [5, 5.41) is 3.64. The molecule has 1 saturated carbocycles. The van der Waals surface area contributed by atoms with Gasteiger partial charge in [-0.1, -0.05) is 27.7 Å². The third kappa shape index (κ3) is 3.94. The van der Waals surface area contributed by atoms with Gasteiger partial charge in [0, 0.05) is 18.1 Å². The molecule has 0 aromatic rings. The molecule has 0 amide bonds. The monoisotopic (exact) mass is 257 g/mol. The number of nitrogens with one attached hydrogen (secondary N) is 1. The van der Waals surface area contributed by atoms with Crippen LogP contribution in [0.4, 0.5) is 0 Å². The average molecular weight is 257 g/mol. The van der Waals surface area contributed by atoms with Gasteiger partial charge < -0.3 is 14.8 Å². The van der Waals surface area contributed by atoms with Crippen molar-refractivity contribution in [2.45, 2.75) is 65.5 Å². The van der Waals surface area contributed by atoms with E-state index in [1.165, 1.54) is 12.8 Å². The molecule has 3 unspecified atom stereocenters. The molecule has 3 nitrogen and oxygen atoms in total. The van der Waals surface area contributed by atoms with Crippen molar-refractivity contribution >= 4 is 0 Å². The highest BCUT2D eigenvalue weighted by Gasteiger charge is 2.50. The van der Waals surface area contributed by atoms with Crippen molar-refractivity contribution in [3.8, 4) is 0 Å². The smallest absolute Gasteiger partial charge is 0.0704 e. The Morgan fingerprint density at radius 1 is 1.11 bits per heavy atom. The topological polar surface area (TPSA) is 30.5 Å². The van der Waals surface area contributed by atoms with Gasteiger partial charge in [-0.15, -0.1) is 0 Å². The zero-order valence-corrected chi connectivity index (χ0v) is 12.6. The van der Waals surface area contributed by atoms with Gasteiger partial charge >= 0.3 is 0 Å². The fourth-order valence-electron chi connectivity index (χ4n) is 2.68. The fraction of sp³-hybridized carbons (Fsp3) is 1.00. The first kappa shape index (κ1) is 15.9. The first-order valence-corrected chi connectivity index (χ1v) is 7.61. The molecule has 0 saturated heterocycles. The van der Waals surface area contributed by atoms with Crippen LogP contribution >= 0.6 is 0 Å². The molecule has 0 spiro atoms. The van der Waals surface area contributed by atoms with Crippen molar-refractivity contribution in [3.05, 3.63) is 0 Å². The summed E-state index contributed by atoms with van der Waals surface area (Å²) < 4.78 is 11.4. The van der Waals surface area contributed by atoms with Gasteiger partial charge in [-0.2, -0.15) is 0 Å². The minimum atomic E-state index is 0.305. The van der Waals surface area contributed by atoms with E-state index in [-0.39, 0.29) is 0 Å². The highest BCUT2D eigenvalue weighted by Crippen LogP contribution is 2.45. The Hall–Kier alpha value is -0.120. The summed E-state index contributed by atoms with van der Waals surface area (Å²) in [6.45, 7) is 12.4. The molecule has 1 N–H and O–H groups in total. The van der Waals surface area contributed by atoms with Crippen LogP contribution in [0.25, 0.3) is 0 Å². The third-order valence-corrected chi connectivity index (χ3v) is 4.28. The van der Waals surface area contributed by atoms with Crippen molar-refractivity contribution in [1.29, 1.82) is 0 Å². The number of ether oxygens (including phenoxy) is 2. The van der Waals surface area contributed by atoms with Crippen molar-refractivity contribution in [1.82, 2.24) is 5.32 Å². The van der Waals surface area contributed by atoms with Gasteiger partial charge in [-0.25, -0.2) is 0 Å². The minimum absolute atomic E-state index is 0.305. The van der Waals surface area contributed by atoms with Crippen LogP contribution in [0.15, 0.2) is 0 Å². The SMILES string of the molecule is CCCNC1CC(OCCOCCC)C1(C)CC. The Labute approximate surface area is 113 Å². The van der Waals surface area contributed by atoms with E-state index in [0.29, 0.717) is 17.6 Å². The van der Waals surface area contributed by atoms with Crippen molar-refractivity contribution in [2.24, 2.45) is 5.41 Å². The minimum Gasteiger partial charge on any atom is -0.379 e. The largest absolute Gasteiger partial charge is 0.379 e. The zero-order valence-electron chi connectivity index (χ0n) is 12.6. The van der Waals surface area contributed by atoms with Crippen LogP contribution in [0.3, 0.4) is 0 Å². The molecule has 0 aromatic carbocycles. The van der Waals surface area contributed by atoms with Gasteiger partial charge in [-0.3, -0.25) is 0 Å². The lowest BCUT2D eigenvalue weighted by atomic mass is 9.61. The van der Waals surface area contributed by atoms with E-state index in [4.69, 9.17) is 9.47 Å². The second-order valence-corrected chi connectivity index (χ2v) is 5.57. The van der Waals surface area contributed by atoms with Crippen LogP contribution in [0, 0.1) is 5.41 Å². The van der Waals surface area contributed by atoms with Crippen LogP contribution in [0.5, 0.6) is 0 Å². The second kappa shape index (κ2) is 8.13. The van der Waals surface area contributed by atoms with Crippen molar-refractivity contribution in [2.75, 3.05) is 26.4 Å². The first-order chi connectivity index (χ1) is 8.69. The highest BCUT2D eigenvalue weighted by atomic mass is 16.5. The third-order valence-electron chi connectivity index (χ3n) is 4.28. The Kier molecular flexibility index (Phi) is 7.20. The number of rotatable bonds is 10. The molecule has 1 aliphatic rings. The lowest BCUT2D eigenvalue weighted by molar-refractivity contribution is -0.137. The number of hydrogen-bond donors (Lipinski definition) is 1. The van der Waals surface area contributed by atoms with Crippen LogP contribution in [-0.2, 0) is 9.47 Å². The maximum atomic E-state index is 5.98. The van der Waals surface area contributed by atoms with E-state index in [1.807, 2.05) is 0 Å². The molecule has 0 heterocycles. The van der Waals surface area contributed by atoms with Crippen molar-refractivity contribution in [3.63, 3.8) is 0 Å². The molecular formula is C15H31NO2. The van der Waals surface area contributed by atoms with Gasteiger partial charge in [-0.05, 0) is 32.2 Å². The number of hydrogen-bond acceptors (Lipinski definition) is 3. The van der Waals surface area contributed by atoms with Crippen LogP contribution < -0.4 is 5.32 Å². The summed E-state index contributed by atoms with van der Waals surface area (Å²) >= 11 is 0. The maximum absolute atomic E-state index is 5.98. The molecule has 0 radical (unpaired) electrons. The van der Waals surface area contributed by atoms with Gasteiger partial charge in [0.15, 0.2) is 0 Å². The molecule has 18 heavy (non-hydrogen) atoms. The zero-order chi connectivity index (χ0) is 13.4. The van der Waals surface area contributed by atoms with E-state index in [9.17, 15) is 0 Å². The van der Waals surface area contributed by atoms with Gasteiger partial charge in [0.1, 0.15) is 0 Å². The van der Waals surface area contributed by atoms with Gasteiger partial charge in [0.25, 0.3) is 0 Å². The Bertz CT molecular complexity index is 223. The van der Waals surface area contributed by atoms with Crippen LogP contribution in [0.1, 0.15) is 53.4 Å². The summed E-state index contributed by atoms with van der Waals surface area (Å²) in [7, 11) is 0. The predicted octanol–water partition coefficient (Wildman–Crippen LogP) is 2.99. The molecule has 108 valence electrons. The molecule has 0 aliphatic heterocycles. The lowest BCUT2D eigenvalue weighted by Crippen LogP contribution is -2.62. The molecule has 3 atom stereocenters. The average Bonchev–Trinajstić information content (AvgIpc) is 2.39. The molecule has 0 bridgehead atoms. The van der Waals surface area contributed by atoms with E-state index in [2.05, 4.69) is 33.0 Å². The van der Waals surface area contributed by atoms with Crippen molar-refractivity contribution < 1.29 is 9.47 Å². The lowest BCUT2D eigenvalue weighted by Gasteiger charge is -2.54. The van der Waals surface area contributed by atoms with Gasteiger partial charge in [0.2, 0.25) is 0 Å². The molecule has 1 aliphatic carbocycles. The van der Waals surface area contributed by atoms with Crippen LogP contribution in [0.2, 0.25) is 0 Å². The molecule has 1 rings (SSSR count).